The van der Waals surface area contributed by atoms with Gasteiger partial charge in [-0.2, -0.15) is 0 Å². The van der Waals surface area contributed by atoms with Gasteiger partial charge in [-0.15, -0.1) is 0 Å². The van der Waals surface area contributed by atoms with Crippen LogP contribution >= 0.6 is 0 Å². The number of anilines is 1. The minimum absolute atomic E-state index is 0.0173. The standard InChI is InChI=1S/C25H27N3O2/c1-16-10-11-17(14-26-16)12-18-13-21-24(20-7-3-2-6-19(18)20)27-15-28(25(21)30)22-8-4-5-9-23(22)29/h2-3,6-7,10-11,13-14,22-23,27,29H,4-5,8-9,12,15H2,1H3/t22-,23-/m0/s1. The zero-order valence-electron chi connectivity index (χ0n) is 17.3. The van der Waals surface area contributed by atoms with Gasteiger partial charge in [0.1, 0.15) is 0 Å². The van der Waals surface area contributed by atoms with Gasteiger partial charge in [-0.25, -0.2) is 0 Å². The summed E-state index contributed by atoms with van der Waals surface area (Å²) in [4.78, 5) is 19.8. The predicted octanol–water partition coefficient (Wildman–Crippen LogP) is 4.26. The molecule has 1 amide bonds. The number of aliphatic hydroxyl groups is 1. The van der Waals surface area contributed by atoms with E-state index < -0.39 is 6.10 Å². The van der Waals surface area contributed by atoms with E-state index in [0.717, 1.165) is 65.4 Å². The Balaban J connectivity index is 1.57. The second kappa shape index (κ2) is 7.73. The fourth-order valence-electron chi connectivity index (χ4n) is 4.89. The van der Waals surface area contributed by atoms with Crippen molar-refractivity contribution in [3.63, 3.8) is 0 Å². The molecule has 154 valence electrons. The lowest BCUT2D eigenvalue weighted by atomic mass is 9.89. The first-order chi connectivity index (χ1) is 14.6. The Morgan fingerprint density at radius 2 is 1.93 bits per heavy atom. The van der Waals surface area contributed by atoms with Crippen molar-refractivity contribution in [1.82, 2.24) is 9.88 Å². The normalized spacial score (nSPS) is 21.4. The Morgan fingerprint density at radius 1 is 1.13 bits per heavy atom. The molecule has 0 spiro atoms. The van der Waals surface area contributed by atoms with Crippen molar-refractivity contribution in [2.24, 2.45) is 0 Å². The van der Waals surface area contributed by atoms with Crippen LogP contribution < -0.4 is 5.32 Å². The van der Waals surface area contributed by atoms with E-state index in [2.05, 4.69) is 28.5 Å². The van der Waals surface area contributed by atoms with E-state index in [1.807, 2.05) is 42.3 Å². The third-order valence-electron chi connectivity index (χ3n) is 6.51. The van der Waals surface area contributed by atoms with Crippen LogP contribution in [0.5, 0.6) is 0 Å². The number of aliphatic hydroxyl groups excluding tert-OH is 1. The Hall–Kier alpha value is -2.92. The Labute approximate surface area is 176 Å². The number of nitrogens with zero attached hydrogens (tertiary/aromatic N) is 2. The van der Waals surface area contributed by atoms with E-state index >= 15 is 0 Å². The summed E-state index contributed by atoms with van der Waals surface area (Å²) in [5.41, 5.74) is 4.85. The van der Waals surface area contributed by atoms with E-state index in [1.54, 1.807) is 0 Å². The molecule has 2 aromatic carbocycles. The lowest BCUT2D eigenvalue weighted by Crippen LogP contribution is -2.52. The first-order valence-electron chi connectivity index (χ1n) is 10.8. The highest BCUT2D eigenvalue weighted by Crippen LogP contribution is 2.36. The smallest absolute Gasteiger partial charge is 0.257 e. The molecule has 1 aromatic heterocycles. The van der Waals surface area contributed by atoms with Gasteiger partial charge in [0.25, 0.3) is 5.91 Å². The summed E-state index contributed by atoms with van der Waals surface area (Å²) in [6.45, 7) is 2.43. The van der Waals surface area contributed by atoms with E-state index in [9.17, 15) is 9.90 Å². The quantitative estimate of drug-likeness (QED) is 0.688. The largest absolute Gasteiger partial charge is 0.391 e. The fraction of sp³-hybridized carbons (Fsp3) is 0.360. The van der Waals surface area contributed by atoms with Crippen LogP contribution in [0.15, 0.2) is 48.7 Å². The number of carbonyl (C=O) groups is 1. The molecule has 0 radical (unpaired) electrons. The molecule has 2 atom stereocenters. The van der Waals surface area contributed by atoms with Gasteiger partial charge in [-0.1, -0.05) is 43.2 Å². The first-order valence-corrected chi connectivity index (χ1v) is 10.8. The number of hydrogen-bond acceptors (Lipinski definition) is 4. The number of rotatable bonds is 3. The maximum Gasteiger partial charge on any atom is 0.257 e. The molecule has 1 aliphatic carbocycles. The molecule has 0 bridgehead atoms. The molecule has 1 fully saturated rings. The molecule has 5 heteroatoms. The molecule has 2 aliphatic rings. The monoisotopic (exact) mass is 401 g/mol. The number of carbonyl (C=O) groups excluding carboxylic acids is 1. The molecule has 2 heterocycles. The van der Waals surface area contributed by atoms with Crippen LogP contribution in [0.25, 0.3) is 10.8 Å². The Bertz CT molecular complexity index is 1090. The summed E-state index contributed by atoms with van der Waals surface area (Å²) in [5.74, 6) is 0.0173. The van der Waals surface area contributed by atoms with Gasteiger partial charge in [0.15, 0.2) is 0 Å². The molecule has 0 unspecified atom stereocenters. The van der Waals surface area contributed by atoms with Gasteiger partial charge in [0.05, 0.1) is 30.1 Å². The molecule has 3 aromatic rings. The lowest BCUT2D eigenvalue weighted by Gasteiger charge is -2.40. The maximum absolute atomic E-state index is 13.5. The van der Waals surface area contributed by atoms with Crippen molar-refractivity contribution in [1.29, 1.82) is 0 Å². The molecule has 5 nitrogen and oxygen atoms in total. The van der Waals surface area contributed by atoms with Crippen LogP contribution in [0.1, 0.15) is 52.9 Å². The molecular weight excluding hydrogens is 374 g/mol. The summed E-state index contributed by atoms with van der Waals surface area (Å²) >= 11 is 0. The zero-order valence-corrected chi connectivity index (χ0v) is 17.3. The van der Waals surface area contributed by atoms with Crippen LogP contribution in [0.2, 0.25) is 0 Å². The van der Waals surface area contributed by atoms with E-state index in [1.165, 1.54) is 0 Å². The highest BCUT2D eigenvalue weighted by molar-refractivity contribution is 6.11. The number of hydrogen-bond donors (Lipinski definition) is 2. The maximum atomic E-state index is 13.5. The topological polar surface area (TPSA) is 65.5 Å². The minimum Gasteiger partial charge on any atom is -0.391 e. The highest BCUT2D eigenvalue weighted by atomic mass is 16.3. The van der Waals surface area contributed by atoms with Crippen molar-refractivity contribution in [3.05, 3.63) is 71.0 Å². The number of fused-ring (bicyclic) bond motifs is 3. The Morgan fingerprint density at radius 3 is 2.70 bits per heavy atom. The molecule has 1 saturated carbocycles. The van der Waals surface area contributed by atoms with Crippen molar-refractivity contribution >= 4 is 22.4 Å². The van der Waals surface area contributed by atoms with Gasteiger partial charge < -0.3 is 15.3 Å². The molecule has 2 N–H and O–H groups in total. The van der Waals surface area contributed by atoms with Crippen molar-refractivity contribution in [2.45, 2.75) is 51.2 Å². The average Bonchev–Trinajstić information content (AvgIpc) is 2.77. The molecule has 30 heavy (non-hydrogen) atoms. The first kappa shape index (κ1) is 19.1. The van der Waals surface area contributed by atoms with E-state index in [4.69, 9.17) is 0 Å². The minimum atomic E-state index is -0.440. The molecule has 5 rings (SSSR count). The van der Waals surface area contributed by atoms with Gasteiger partial charge in [-0.05, 0) is 54.8 Å². The molecule has 0 saturated heterocycles. The Kier molecular flexibility index (Phi) is 4.91. The van der Waals surface area contributed by atoms with E-state index in [0.29, 0.717) is 12.2 Å². The van der Waals surface area contributed by atoms with Gasteiger partial charge in [0.2, 0.25) is 0 Å². The van der Waals surface area contributed by atoms with Crippen LogP contribution in [0, 0.1) is 6.92 Å². The van der Waals surface area contributed by atoms with Crippen LogP contribution in [-0.4, -0.2) is 39.7 Å². The summed E-state index contributed by atoms with van der Waals surface area (Å²) in [7, 11) is 0. The van der Waals surface area contributed by atoms with Gasteiger partial charge >= 0.3 is 0 Å². The summed E-state index contributed by atoms with van der Waals surface area (Å²) in [6.07, 6.45) is 5.91. The predicted molar refractivity (Wildman–Crippen MR) is 119 cm³/mol. The number of nitrogens with one attached hydrogen (secondary N) is 1. The number of amides is 1. The van der Waals surface area contributed by atoms with Gasteiger partial charge in [0, 0.05) is 17.3 Å². The van der Waals surface area contributed by atoms with Gasteiger partial charge in [-0.3, -0.25) is 9.78 Å². The zero-order chi connectivity index (χ0) is 20.7. The summed E-state index contributed by atoms with van der Waals surface area (Å²) < 4.78 is 0. The second-order valence-electron chi connectivity index (χ2n) is 8.52. The lowest BCUT2D eigenvalue weighted by molar-refractivity contribution is 0.0192. The van der Waals surface area contributed by atoms with Crippen molar-refractivity contribution in [2.75, 3.05) is 12.0 Å². The van der Waals surface area contributed by atoms with Crippen LogP contribution in [-0.2, 0) is 6.42 Å². The van der Waals surface area contributed by atoms with Crippen molar-refractivity contribution in [3.8, 4) is 0 Å². The highest BCUT2D eigenvalue weighted by Gasteiger charge is 2.36. The summed E-state index contributed by atoms with van der Waals surface area (Å²) in [6, 6.07) is 14.3. The van der Waals surface area contributed by atoms with Crippen LogP contribution in [0.3, 0.4) is 0 Å². The number of benzene rings is 2. The third-order valence-corrected chi connectivity index (χ3v) is 6.51. The second-order valence-corrected chi connectivity index (χ2v) is 8.52. The van der Waals surface area contributed by atoms with Crippen molar-refractivity contribution < 1.29 is 9.90 Å². The third kappa shape index (κ3) is 3.33. The average molecular weight is 402 g/mol. The summed E-state index contributed by atoms with van der Waals surface area (Å²) in [5, 5.41) is 16.2. The van der Waals surface area contributed by atoms with Crippen LogP contribution in [0.4, 0.5) is 5.69 Å². The van der Waals surface area contributed by atoms with E-state index in [-0.39, 0.29) is 11.9 Å². The fourth-order valence-corrected chi connectivity index (χ4v) is 4.89. The number of aromatic nitrogens is 1. The number of aryl methyl sites for hydroxylation is 1. The SMILES string of the molecule is Cc1ccc(Cc2cc3c(c4ccccc24)NCN([C@H]2CCCC[C@@H]2O)C3=O)cn1. The molecular formula is C25H27N3O2. The molecule has 1 aliphatic heterocycles. The number of pyridine rings is 1.